The van der Waals surface area contributed by atoms with Gasteiger partial charge in [0.25, 0.3) is 0 Å². The third kappa shape index (κ3) is 2.64. The summed E-state index contributed by atoms with van der Waals surface area (Å²) in [6, 6.07) is 4.27. The first kappa shape index (κ1) is 13.3. The quantitative estimate of drug-likeness (QED) is 0.854. The predicted molar refractivity (Wildman–Crippen MR) is 78.4 cm³/mol. The van der Waals surface area contributed by atoms with Crippen molar-refractivity contribution in [2.45, 2.75) is 19.4 Å². The number of H-pyrrole nitrogens is 1. The molecule has 0 saturated carbocycles. The van der Waals surface area contributed by atoms with Crippen LogP contribution in [0.2, 0.25) is 0 Å². The number of nitrogens with zero attached hydrogens (tertiary/aromatic N) is 3. The summed E-state index contributed by atoms with van der Waals surface area (Å²) in [7, 11) is 0. The van der Waals surface area contributed by atoms with E-state index in [2.05, 4.69) is 32.9 Å². The zero-order valence-electron chi connectivity index (χ0n) is 10.5. The Bertz CT molecular complexity index is 547. The molecule has 18 heavy (non-hydrogen) atoms. The van der Waals surface area contributed by atoms with Crippen LogP contribution in [0.1, 0.15) is 19.4 Å². The van der Waals surface area contributed by atoms with Crippen LogP contribution in [0.4, 0.5) is 0 Å². The molecule has 2 aromatic rings. The van der Waals surface area contributed by atoms with Gasteiger partial charge in [-0.3, -0.25) is 14.6 Å². The van der Waals surface area contributed by atoms with Gasteiger partial charge in [0, 0.05) is 29.8 Å². The largest absolute Gasteiger partial charge is 0.296 e. The summed E-state index contributed by atoms with van der Waals surface area (Å²) in [5.41, 5.74) is 1.04. The molecule has 0 fully saturated rings. The van der Waals surface area contributed by atoms with Gasteiger partial charge in [-0.2, -0.15) is 16.9 Å². The fourth-order valence-electron chi connectivity index (χ4n) is 1.92. The summed E-state index contributed by atoms with van der Waals surface area (Å²) in [5, 5.41) is 7.24. The van der Waals surface area contributed by atoms with Crippen molar-refractivity contribution in [3.8, 4) is 11.4 Å². The highest BCUT2D eigenvalue weighted by Crippen LogP contribution is 2.24. The van der Waals surface area contributed by atoms with Crippen molar-refractivity contribution in [3.05, 3.63) is 29.3 Å². The Kier molecular flexibility index (Phi) is 4.54. The molecule has 0 aliphatic carbocycles. The minimum atomic E-state index is 0.370. The molecule has 4 nitrogen and oxygen atoms in total. The molecule has 0 amide bonds. The maximum Gasteiger partial charge on any atom is 0.195 e. The number of hydrogen-bond donors (Lipinski definition) is 1. The Morgan fingerprint density at radius 2 is 2.17 bits per heavy atom. The number of nitrogens with one attached hydrogen (secondary N) is 1. The van der Waals surface area contributed by atoms with Crippen LogP contribution >= 0.6 is 24.0 Å². The van der Waals surface area contributed by atoms with Gasteiger partial charge in [-0.05, 0) is 37.0 Å². The lowest BCUT2D eigenvalue weighted by atomic mass is 10.2. The smallest absolute Gasteiger partial charge is 0.195 e. The van der Waals surface area contributed by atoms with Crippen molar-refractivity contribution in [1.29, 1.82) is 0 Å². The number of hydrogen-bond acceptors (Lipinski definition) is 4. The minimum Gasteiger partial charge on any atom is -0.296 e. The second-order valence-corrected chi connectivity index (χ2v) is 5.27. The molecule has 0 aromatic carbocycles. The Balaban J connectivity index is 2.47. The molecule has 6 heteroatoms. The zero-order valence-corrected chi connectivity index (χ0v) is 12.1. The second kappa shape index (κ2) is 6.15. The van der Waals surface area contributed by atoms with E-state index in [0.717, 1.165) is 23.6 Å². The van der Waals surface area contributed by atoms with Crippen LogP contribution in [-0.4, -0.2) is 31.8 Å². The first-order valence-corrected chi connectivity index (χ1v) is 7.64. The van der Waals surface area contributed by atoms with Gasteiger partial charge in [0.05, 0.1) is 0 Å². The highest BCUT2D eigenvalue weighted by molar-refractivity contribution is 7.98. The summed E-state index contributed by atoms with van der Waals surface area (Å²) in [4.78, 5) is 4.03. The Morgan fingerprint density at radius 3 is 2.78 bits per heavy atom. The Morgan fingerprint density at radius 1 is 1.44 bits per heavy atom. The fourth-order valence-corrected chi connectivity index (χ4v) is 2.97. The average Bonchev–Trinajstić information content (AvgIpc) is 2.79. The fraction of sp³-hybridized carbons (Fsp3) is 0.417. The predicted octanol–water partition coefficient (Wildman–Crippen LogP) is 3.32. The summed E-state index contributed by atoms with van der Waals surface area (Å²) < 4.78 is 2.80. The normalized spacial score (nSPS) is 12.6. The molecule has 0 saturated heterocycles. The van der Waals surface area contributed by atoms with Gasteiger partial charge >= 0.3 is 0 Å². The molecule has 0 bridgehead atoms. The highest BCUT2D eigenvalue weighted by Gasteiger charge is 2.16. The first-order valence-electron chi connectivity index (χ1n) is 5.84. The molecule has 0 aliphatic rings. The summed E-state index contributed by atoms with van der Waals surface area (Å²) >= 11 is 7.17. The van der Waals surface area contributed by atoms with E-state index < -0.39 is 0 Å². The van der Waals surface area contributed by atoms with E-state index in [0.29, 0.717) is 10.8 Å². The van der Waals surface area contributed by atoms with E-state index in [-0.39, 0.29) is 0 Å². The van der Waals surface area contributed by atoms with Crippen molar-refractivity contribution < 1.29 is 0 Å². The van der Waals surface area contributed by atoms with Gasteiger partial charge in [-0.25, -0.2) is 0 Å². The molecule has 1 N–H and O–H groups in total. The van der Waals surface area contributed by atoms with Crippen LogP contribution in [0.15, 0.2) is 24.5 Å². The third-order valence-electron chi connectivity index (χ3n) is 2.84. The lowest BCUT2D eigenvalue weighted by molar-refractivity contribution is 0.537. The van der Waals surface area contributed by atoms with Crippen LogP contribution in [0.3, 0.4) is 0 Å². The Hall–Kier alpha value is -1.14. The van der Waals surface area contributed by atoms with Crippen LogP contribution in [0.25, 0.3) is 11.4 Å². The number of aromatic nitrogens is 4. The Labute approximate surface area is 116 Å². The van der Waals surface area contributed by atoms with Crippen molar-refractivity contribution in [3.63, 3.8) is 0 Å². The van der Waals surface area contributed by atoms with Gasteiger partial charge in [0.1, 0.15) is 0 Å². The van der Waals surface area contributed by atoms with E-state index in [4.69, 9.17) is 12.2 Å². The van der Waals surface area contributed by atoms with Crippen molar-refractivity contribution in [1.82, 2.24) is 19.7 Å². The second-order valence-electron chi connectivity index (χ2n) is 3.98. The third-order valence-corrected chi connectivity index (χ3v) is 3.84. The molecule has 2 rings (SSSR count). The minimum absolute atomic E-state index is 0.370. The highest BCUT2D eigenvalue weighted by atomic mass is 32.2. The van der Waals surface area contributed by atoms with Crippen LogP contribution in [-0.2, 0) is 0 Å². The molecule has 1 unspecified atom stereocenters. The van der Waals surface area contributed by atoms with Crippen molar-refractivity contribution in [2.75, 3.05) is 12.0 Å². The number of pyridine rings is 1. The van der Waals surface area contributed by atoms with E-state index >= 15 is 0 Å². The molecule has 1 atom stereocenters. The van der Waals surface area contributed by atoms with Gasteiger partial charge in [-0.15, -0.1) is 0 Å². The maximum absolute atomic E-state index is 5.35. The maximum atomic E-state index is 5.35. The SMILES string of the molecule is CCC(CSC)n1c(-c2ccncc2)n[nH]c1=S. The van der Waals surface area contributed by atoms with Crippen molar-refractivity contribution >= 4 is 24.0 Å². The summed E-state index contributed by atoms with van der Waals surface area (Å²) in [6.07, 6.45) is 6.69. The van der Waals surface area contributed by atoms with E-state index in [1.165, 1.54) is 0 Å². The van der Waals surface area contributed by atoms with Gasteiger partial charge in [0.15, 0.2) is 10.6 Å². The average molecular weight is 280 g/mol. The summed E-state index contributed by atoms with van der Waals surface area (Å²) in [5.74, 6) is 1.92. The van der Waals surface area contributed by atoms with Gasteiger partial charge < -0.3 is 0 Å². The van der Waals surface area contributed by atoms with Crippen LogP contribution in [0, 0.1) is 4.77 Å². The topological polar surface area (TPSA) is 46.5 Å². The molecule has 2 aromatic heterocycles. The van der Waals surface area contributed by atoms with Crippen LogP contribution < -0.4 is 0 Å². The van der Waals surface area contributed by atoms with Crippen LogP contribution in [0.5, 0.6) is 0 Å². The molecule has 0 spiro atoms. The molecule has 0 radical (unpaired) electrons. The van der Waals surface area contributed by atoms with E-state index in [9.17, 15) is 0 Å². The molecular weight excluding hydrogens is 264 g/mol. The zero-order chi connectivity index (χ0) is 13.0. The van der Waals surface area contributed by atoms with Gasteiger partial charge in [0.2, 0.25) is 0 Å². The van der Waals surface area contributed by atoms with E-state index in [1.54, 1.807) is 12.4 Å². The molecule has 2 heterocycles. The number of thioether (sulfide) groups is 1. The van der Waals surface area contributed by atoms with Gasteiger partial charge in [-0.1, -0.05) is 6.92 Å². The first-order chi connectivity index (χ1) is 8.77. The lowest BCUT2D eigenvalue weighted by Gasteiger charge is -2.17. The molecule has 0 aliphatic heterocycles. The number of rotatable bonds is 5. The lowest BCUT2D eigenvalue weighted by Crippen LogP contribution is -2.12. The van der Waals surface area contributed by atoms with Crippen molar-refractivity contribution in [2.24, 2.45) is 0 Å². The molecular formula is C12H16N4S2. The number of aromatic amines is 1. The summed E-state index contributed by atoms with van der Waals surface area (Å²) in [6.45, 7) is 2.17. The van der Waals surface area contributed by atoms with E-state index in [1.807, 2.05) is 23.9 Å². The standard InChI is InChI=1S/C12H16N4S2/c1-3-10(8-18-2)16-11(14-15-12(16)17)9-4-6-13-7-5-9/h4-7,10H,3,8H2,1-2H3,(H,15,17). The monoisotopic (exact) mass is 280 g/mol. The molecule has 96 valence electrons.